The fourth-order valence-corrected chi connectivity index (χ4v) is 1.51. The molecule has 0 aliphatic carbocycles. The number of nitrogens with two attached hydrogens (primary N) is 1. The van der Waals surface area contributed by atoms with Gasteiger partial charge in [-0.1, -0.05) is 12.1 Å². The molecule has 1 heterocycles. The van der Waals surface area contributed by atoms with E-state index in [1.165, 1.54) is 6.07 Å². The molecule has 0 unspecified atom stereocenters. The van der Waals surface area contributed by atoms with Gasteiger partial charge < -0.3 is 5.73 Å². The maximum Gasteiger partial charge on any atom is 0.162 e. The number of hydrogen-bond acceptors (Lipinski definition) is 2. The molecule has 0 amide bonds. The Morgan fingerprint density at radius 1 is 1.19 bits per heavy atom. The van der Waals surface area contributed by atoms with Gasteiger partial charge in [0.05, 0.1) is 0 Å². The largest absolute Gasteiger partial charge is 0.384 e. The molecule has 16 heavy (non-hydrogen) atoms. The van der Waals surface area contributed by atoms with Crippen molar-refractivity contribution in [2.24, 2.45) is 0 Å². The molecule has 0 saturated carbocycles. The Morgan fingerprint density at radius 2 is 2.00 bits per heavy atom. The van der Waals surface area contributed by atoms with Crippen LogP contribution < -0.4 is 5.73 Å². The normalized spacial score (nSPS) is 10.4. The zero-order valence-corrected chi connectivity index (χ0v) is 8.45. The molecule has 0 spiro atoms. The quantitative estimate of drug-likeness (QED) is 0.844. The van der Waals surface area contributed by atoms with Crippen LogP contribution in [-0.2, 0) is 6.42 Å². The SMILES string of the molecule is Nc1cc(Cc2cccc(F)c2F)ccn1. The van der Waals surface area contributed by atoms with Gasteiger partial charge in [-0.25, -0.2) is 13.8 Å². The van der Waals surface area contributed by atoms with E-state index in [1.54, 1.807) is 24.4 Å². The zero-order chi connectivity index (χ0) is 11.5. The highest BCUT2D eigenvalue weighted by molar-refractivity contribution is 5.35. The van der Waals surface area contributed by atoms with Crippen molar-refractivity contribution in [3.8, 4) is 0 Å². The lowest BCUT2D eigenvalue weighted by atomic mass is 10.1. The number of rotatable bonds is 2. The van der Waals surface area contributed by atoms with Crippen molar-refractivity contribution >= 4 is 5.82 Å². The van der Waals surface area contributed by atoms with E-state index in [0.717, 1.165) is 11.6 Å². The van der Waals surface area contributed by atoms with Crippen LogP contribution in [-0.4, -0.2) is 4.98 Å². The fourth-order valence-electron chi connectivity index (χ4n) is 1.51. The highest BCUT2D eigenvalue weighted by Gasteiger charge is 2.08. The minimum absolute atomic E-state index is 0.302. The van der Waals surface area contributed by atoms with Crippen LogP contribution >= 0.6 is 0 Å². The molecular formula is C12H10F2N2. The van der Waals surface area contributed by atoms with Gasteiger partial charge in [-0.15, -0.1) is 0 Å². The molecule has 0 aliphatic heterocycles. The number of pyridine rings is 1. The predicted octanol–water partition coefficient (Wildman–Crippen LogP) is 2.53. The van der Waals surface area contributed by atoms with Gasteiger partial charge in [0.25, 0.3) is 0 Å². The monoisotopic (exact) mass is 220 g/mol. The van der Waals surface area contributed by atoms with Crippen LogP contribution in [0.4, 0.5) is 14.6 Å². The summed E-state index contributed by atoms with van der Waals surface area (Å²) in [6.07, 6.45) is 1.85. The first-order chi connectivity index (χ1) is 7.66. The van der Waals surface area contributed by atoms with Crippen LogP contribution in [0.2, 0.25) is 0 Å². The molecule has 0 fully saturated rings. The molecule has 0 radical (unpaired) electrons. The molecule has 0 atom stereocenters. The highest BCUT2D eigenvalue weighted by Crippen LogP contribution is 2.16. The first-order valence-corrected chi connectivity index (χ1v) is 4.80. The van der Waals surface area contributed by atoms with Crippen LogP contribution in [0.5, 0.6) is 0 Å². The lowest BCUT2D eigenvalue weighted by Crippen LogP contribution is -1.97. The zero-order valence-electron chi connectivity index (χ0n) is 8.45. The fraction of sp³-hybridized carbons (Fsp3) is 0.0833. The number of nitrogens with zero attached hydrogens (tertiary/aromatic N) is 1. The summed E-state index contributed by atoms with van der Waals surface area (Å²) in [4.78, 5) is 3.83. The summed E-state index contributed by atoms with van der Waals surface area (Å²) in [7, 11) is 0. The van der Waals surface area contributed by atoms with Crippen molar-refractivity contribution < 1.29 is 8.78 Å². The summed E-state index contributed by atoms with van der Waals surface area (Å²) in [5.41, 5.74) is 6.61. The second-order valence-electron chi connectivity index (χ2n) is 3.48. The smallest absolute Gasteiger partial charge is 0.162 e. The van der Waals surface area contributed by atoms with E-state index in [9.17, 15) is 8.78 Å². The summed E-state index contributed by atoms with van der Waals surface area (Å²) in [5.74, 6) is -1.27. The van der Waals surface area contributed by atoms with E-state index < -0.39 is 11.6 Å². The molecule has 2 nitrogen and oxygen atoms in total. The third-order valence-electron chi connectivity index (χ3n) is 2.27. The van der Waals surface area contributed by atoms with Crippen LogP contribution in [0.25, 0.3) is 0 Å². The van der Waals surface area contributed by atoms with Crippen molar-refractivity contribution in [3.05, 3.63) is 59.3 Å². The summed E-state index contributed by atoms with van der Waals surface area (Å²) >= 11 is 0. The molecule has 2 N–H and O–H groups in total. The van der Waals surface area contributed by atoms with Gasteiger partial charge in [-0.05, 0) is 29.3 Å². The number of anilines is 1. The van der Waals surface area contributed by atoms with Gasteiger partial charge in [0.2, 0.25) is 0 Å². The van der Waals surface area contributed by atoms with E-state index in [-0.39, 0.29) is 0 Å². The lowest BCUT2D eigenvalue weighted by Gasteiger charge is -2.04. The topological polar surface area (TPSA) is 38.9 Å². The van der Waals surface area contributed by atoms with Gasteiger partial charge in [0.15, 0.2) is 11.6 Å². The molecule has 0 saturated heterocycles. The predicted molar refractivity (Wildman–Crippen MR) is 57.8 cm³/mol. The maximum absolute atomic E-state index is 13.4. The lowest BCUT2D eigenvalue weighted by molar-refractivity contribution is 0.501. The molecule has 2 rings (SSSR count). The average molecular weight is 220 g/mol. The number of aromatic nitrogens is 1. The van der Waals surface area contributed by atoms with Gasteiger partial charge in [0.1, 0.15) is 5.82 Å². The molecule has 1 aromatic heterocycles. The maximum atomic E-state index is 13.4. The van der Waals surface area contributed by atoms with Crippen molar-refractivity contribution in [1.82, 2.24) is 4.98 Å². The van der Waals surface area contributed by atoms with E-state index in [2.05, 4.69) is 4.98 Å². The van der Waals surface area contributed by atoms with Gasteiger partial charge in [-0.2, -0.15) is 0 Å². The number of hydrogen-bond donors (Lipinski definition) is 1. The molecule has 0 bridgehead atoms. The first kappa shape index (κ1) is 10.5. The van der Waals surface area contributed by atoms with Crippen molar-refractivity contribution in [1.29, 1.82) is 0 Å². The van der Waals surface area contributed by atoms with Crippen molar-refractivity contribution in [2.45, 2.75) is 6.42 Å². The summed E-state index contributed by atoms with van der Waals surface area (Å²) in [6, 6.07) is 7.50. The second kappa shape index (κ2) is 4.26. The molecule has 82 valence electrons. The average Bonchev–Trinajstić information content (AvgIpc) is 2.25. The third-order valence-corrected chi connectivity index (χ3v) is 2.27. The van der Waals surface area contributed by atoms with Crippen LogP contribution in [0.15, 0.2) is 36.5 Å². The minimum atomic E-state index is -0.834. The van der Waals surface area contributed by atoms with Crippen molar-refractivity contribution in [2.75, 3.05) is 5.73 Å². The third kappa shape index (κ3) is 2.16. The van der Waals surface area contributed by atoms with Gasteiger partial charge in [-0.3, -0.25) is 0 Å². The Bertz CT molecular complexity index is 512. The van der Waals surface area contributed by atoms with Crippen LogP contribution in [0, 0.1) is 11.6 Å². The molecule has 1 aromatic carbocycles. The summed E-state index contributed by atoms with van der Waals surface area (Å²) < 4.78 is 26.3. The van der Waals surface area contributed by atoms with E-state index in [4.69, 9.17) is 5.73 Å². The van der Waals surface area contributed by atoms with Crippen molar-refractivity contribution in [3.63, 3.8) is 0 Å². The highest BCUT2D eigenvalue weighted by atomic mass is 19.2. The number of halogens is 2. The van der Waals surface area contributed by atoms with Gasteiger partial charge >= 0.3 is 0 Å². The first-order valence-electron chi connectivity index (χ1n) is 4.80. The van der Waals surface area contributed by atoms with E-state index in [1.807, 2.05) is 0 Å². The second-order valence-corrected chi connectivity index (χ2v) is 3.48. The Labute approximate surface area is 91.7 Å². The molecule has 2 aromatic rings. The van der Waals surface area contributed by atoms with E-state index >= 15 is 0 Å². The van der Waals surface area contributed by atoms with Crippen LogP contribution in [0.1, 0.15) is 11.1 Å². The summed E-state index contributed by atoms with van der Waals surface area (Å²) in [6.45, 7) is 0. The van der Waals surface area contributed by atoms with E-state index in [0.29, 0.717) is 17.8 Å². The standard InChI is InChI=1S/C12H10F2N2/c13-10-3-1-2-9(12(10)14)6-8-4-5-16-11(15)7-8/h1-5,7H,6H2,(H2,15,16). The molecule has 0 aliphatic rings. The molecule has 4 heteroatoms. The van der Waals surface area contributed by atoms with Crippen LogP contribution in [0.3, 0.4) is 0 Å². The summed E-state index contributed by atoms with van der Waals surface area (Å²) in [5, 5.41) is 0. The number of benzene rings is 1. The molecular weight excluding hydrogens is 210 g/mol. The Hall–Kier alpha value is -1.97. The number of nitrogen functional groups attached to an aromatic ring is 1. The Balaban J connectivity index is 2.31. The Kier molecular flexibility index (Phi) is 2.81. The minimum Gasteiger partial charge on any atom is -0.384 e. The Morgan fingerprint density at radius 3 is 2.75 bits per heavy atom. The van der Waals surface area contributed by atoms with Gasteiger partial charge in [0, 0.05) is 12.6 Å².